The van der Waals surface area contributed by atoms with Crippen molar-refractivity contribution in [2.24, 2.45) is 0 Å². The molecule has 2 nitrogen and oxygen atoms in total. The molecule has 1 aromatic heterocycles. The van der Waals surface area contributed by atoms with Crippen molar-refractivity contribution in [1.82, 2.24) is 9.88 Å². The van der Waals surface area contributed by atoms with Gasteiger partial charge in [-0.05, 0) is 31.4 Å². The zero-order valence-corrected chi connectivity index (χ0v) is 11.5. The number of pyridine rings is 1. The number of hydrogen-bond donors (Lipinski definition) is 0. The maximum absolute atomic E-state index is 4.74. The molecule has 1 aliphatic heterocycles. The average Bonchev–Trinajstić information content (AvgIpc) is 2.92. The van der Waals surface area contributed by atoms with Crippen molar-refractivity contribution in [2.75, 3.05) is 18.6 Å². The maximum atomic E-state index is 4.74. The van der Waals surface area contributed by atoms with Crippen molar-refractivity contribution in [3.8, 4) is 0 Å². The summed E-state index contributed by atoms with van der Waals surface area (Å²) in [5.41, 5.74) is 2.28. The Balaban J connectivity index is 1.77. The second-order valence-corrected chi connectivity index (χ2v) is 6.08. The number of fused-ring (bicyclic) bond motifs is 1. The highest BCUT2D eigenvalue weighted by molar-refractivity contribution is 7.99. The van der Waals surface area contributed by atoms with Crippen LogP contribution in [0.2, 0.25) is 0 Å². The molecule has 2 aromatic rings. The molecule has 1 saturated heterocycles. The van der Waals surface area contributed by atoms with Crippen LogP contribution in [0.1, 0.15) is 12.1 Å². The summed E-state index contributed by atoms with van der Waals surface area (Å²) in [7, 11) is 2.22. The third-order valence-electron chi connectivity index (χ3n) is 3.60. The fourth-order valence-corrected chi connectivity index (χ4v) is 3.75. The van der Waals surface area contributed by atoms with E-state index in [4.69, 9.17) is 4.98 Å². The van der Waals surface area contributed by atoms with Gasteiger partial charge in [-0.1, -0.05) is 24.3 Å². The fourth-order valence-electron chi connectivity index (χ4n) is 2.45. The first kappa shape index (κ1) is 12.0. The van der Waals surface area contributed by atoms with Crippen LogP contribution in [0.25, 0.3) is 10.9 Å². The summed E-state index contributed by atoms with van der Waals surface area (Å²) in [4.78, 5) is 7.18. The molecule has 0 radical (unpaired) electrons. The van der Waals surface area contributed by atoms with Crippen LogP contribution >= 0.6 is 11.8 Å². The van der Waals surface area contributed by atoms with E-state index in [9.17, 15) is 0 Å². The van der Waals surface area contributed by atoms with E-state index in [0.29, 0.717) is 0 Å². The van der Waals surface area contributed by atoms with Crippen LogP contribution in [0, 0.1) is 0 Å². The molecule has 2 heterocycles. The molecule has 0 saturated carbocycles. The Bertz CT molecular complexity index is 535. The molecule has 3 rings (SSSR count). The van der Waals surface area contributed by atoms with E-state index in [0.717, 1.165) is 18.1 Å². The Kier molecular flexibility index (Phi) is 3.52. The minimum Gasteiger partial charge on any atom is -0.297 e. The minimum absolute atomic E-state index is 0.725. The molecule has 1 aromatic carbocycles. The van der Waals surface area contributed by atoms with Crippen LogP contribution in [-0.4, -0.2) is 34.5 Å². The zero-order valence-electron chi connectivity index (χ0n) is 10.7. The summed E-state index contributed by atoms with van der Waals surface area (Å²) in [6, 6.07) is 13.4. The zero-order chi connectivity index (χ0) is 12.4. The highest BCUT2D eigenvalue weighted by Gasteiger charge is 2.20. The fraction of sp³-hybridized carbons (Fsp3) is 0.400. The predicted molar refractivity (Wildman–Crippen MR) is 78.9 cm³/mol. The largest absolute Gasteiger partial charge is 0.297 e. The summed E-state index contributed by atoms with van der Waals surface area (Å²) in [5.74, 6) is 2.57. The average molecular weight is 258 g/mol. The first-order chi connectivity index (χ1) is 8.83. The summed E-state index contributed by atoms with van der Waals surface area (Å²) in [6.45, 7) is 0.954. The maximum Gasteiger partial charge on any atom is 0.0705 e. The van der Waals surface area contributed by atoms with Crippen molar-refractivity contribution in [2.45, 2.75) is 19.0 Å². The molecule has 0 N–H and O–H groups in total. The van der Waals surface area contributed by atoms with Crippen molar-refractivity contribution in [1.29, 1.82) is 0 Å². The molecule has 0 amide bonds. The molecule has 3 heteroatoms. The Morgan fingerprint density at radius 3 is 3.00 bits per heavy atom. The summed E-state index contributed by atoms with van der Waals surface area (Å²) in [6.07, 6.45) is 1.31. The monoisotopic (exact) mass is 258 g/mol. The molecule has 0 spiro atoms. The normalized spacial score (nSPS) is 19.8. The van der Waals surface area contributed by atoms with Gasteiger partial charge in [0.15, 0.2) is 0 Å². The first-order valence-electron chi connectivity index (χ1n) is 6.45. The van der Waals surface area contributed by atoms with E-state index in [2.05, 4.69) is 60.1 Å². The number of rotatable bonds is 3. The van der Waals surface area contributed by atoms with E-state index in [1.807, 2.05) is 0 Å². The standard InChI is InChI=1S/C15H18N2S/c1-17(14-8-9-18-11-14)10-13-7-6-12-4-2-3-5-15(12)16-13/h2-7,14H,8-11H2,1H3. The predicted octanol–water partition coefficient (Wildman–Crippen LogP) is 3.17. The van der Waals surface area contributed by atoms with Gasteiger partial charge in [-0.3, -0.25) is 9.88 Å². The van der Waals surface area contributed by atoms with Gasteiger partial charge in [0.25, 0.3) is 0 Å². The van der Waals surface area contributed by atoms with Gasteiger partial charge in [-0.15, -0.1) is 0 Å². The Morgan fingerprint density at radius 2 is 2.17 bits per heavy atom. The highest BCUT2D eigenvalue weighted by atomic mass is 32.2. The van der Waals surface area contributed by atoms with Crippen molar-refractivity contribution in [3.05, 3.63) is 42.1 Å². The lowest BCUT2D eigenvalue weighted by atomic mass is 10.2. The lowest BCUT2D eigenvalue weighted by molar-refractivity contribution is 0.252. The van der Waals surface area contributed by atoms with Gasteiger partial charge in [0.1, 0.15) is 0 Å². The molecule has 94 valence electrons. The van der Waals surface area contributed by atoms with Crippen LogP contribution in [0.4, 0.5) is 0 Å². The van der Waals surface area contributed by atoms with Crippen LogP contribution in [0.5, 0.6) is 0 Å². The van der Waals surface area contributed by atoms with Gasteiger partial charge >= 0.3 is 0 Å². The van der Waals surface area contributed by atoms with Gasteiger partial charge in [0, 0.05) is 23.7 Å². The van der Waals surface area contributed by atoms with E-state index in [1.165, 1.54) is 29.0 Å². The number of thioether (sulfide) groups is 1. The number of aromatic nitrogens is 1. The minimum atomic E-state index is 0.725. The third kappa shape index (κ3) is 2.52. The molecular formula is C15H18N2S. The SMILES string of the molecule is CN(Cc1ccc2ccccc2n1)C1CCSC1. The topological polar surface area (TPSA) is 16.1 Å². The molecule has 1 fully saturated rings. The number of nitrogens with zero attached hydrogens (tertiary/aromatic N) is 2. The highest BCUT2D eigenvalue weighted by Crippen LogP contribution is 2.22. The second kappa shape index (κ2) is 5.29. The smallest absolute Gasteiger partial charge is 0.0705 e. The van der Waals surface area contributed by atoms with E-state index >= 15 is 0 Å². The first-order valence-corrected chi connectivity index (χ1v) is 7.61. The van der Waals surface area contributed by atoms with E-state index in [-0.39, 0.29) is 0 Å². The van der Waals surface area contributed by atoms with Crippen LogP contribution in [0.15, 0.2) is 36.4 Å². The molecular weight excluding hydrogens is 240 g/mol. The number of para-hydroxylation sites is 1. The second-order valence-electron chi connectivity index (χ2n) is 4.93. The van der Waals surface area contributed by atoms with E-state index < -0.39 is 0 Å². The molecule has 0 aliphatic carbocycles. The molecule has 1 atom stereocenters. The third-order valence-corrected chi connectivity index (χ3v) is 4.74. The molecule has 1 aliphatic rings. The van der Waals surface area contributed by atoms with Crippen LogP contribution in [0.3, 0.4) is 0 Å². The number of benzene rings is 1. The van der Waals surface area contributed by atoms with Crippen molar-refractivity contribution >= 4 is 22.7 Å². The number of hydrogen-bond acceptors (Lipinski definition) is 3. The van der Waals surface area contributed by atoms with Crippen LogP contribution < -0.4 is 0 Å². The van der Waals surface area contributed by atoms with Gasteiger partial charge < -0.3 is 0 Å². The summed E-state index contributed by atoms with van der Waals surface area (Å²) < 4.78 is 0. The molecule has 1 unspecified atom stereocenters. The van der Waals surface area contributed by atoms with Gasteiger partial charge in [-0.2, -0.15) is 11.8 Å². The molecule has 18 heavy (non-hydrogen) atoms. The van der Waals surface area contributed by atoms with Crippen LogP contribution in [-0.2, 0) is 6.54 Å². The molecule has 0 bridgehead atoms. The van der Waals surface area contributed by atoms with Gasteiger partial charge in [-0.25, -0.2) is 0 Å². The summed E-state index contributed by atoms with van der Waals surface area (Å²) in [5, 5.41) is 1.22. The Morgan fingerprint density at radius 1 is 1.28 bits per heavy atom. The van der Waals surface area contributed by atoms with Crippen molar-refractivity contribution < 1.29 is 0 Å². The lowest BCUT2D eigenvalue weighted by Crippen LogP contribution is -2.31. The Hall–Kier alpha value is -1.06. The van der Waals surface area contributed by atoms with Gasteiger partial charge in [0.05, 0.1) is 11.2 Å². The van der Waals surface area contributed by atoms with E-state index in [1.54, 1.807) is 0 Å². The Labute approximate surface area is 112 Å². The van der Waals surface area contributed by atoms with Crippen molar-refractivity contribution in [3.63, 3.8) is 0 Å². The summed E-state index contributed by atoms with van der Waals surface area (Å²) >= 11 is 2.06. The van der Waals surface area contributed by atoms with Gasteiger partial charge in [0.2, 0.25) is 0 Å². The lowest BCUT2D eigenvalue weighted by Gasteiger charge is -2.23. The quantitative estimate of drug-likeness (QED) is 0.841.